The number of carbonyl (C=O) groups is 1. The lowest BCUT2D eigenvalue weighted by molar-refractivity contribution is -0.00832. The van der Waals surface area contributed by atoms with Crippen molar-refractivity contribution < 1.29 is 18.3 Å². The van der Waals surface area contributed by atoms with Crippen LogP contribution >= 0.6 is 0 Å². The number of rotatable bonds is 5. The van der Waals surface area contributed by atoms with Crippen molar-refractivity contribution in [3.63, 3.8) is 0 Å². The fraction of sp³-hybridized carbons (Fsp3) is 0.409. The van der Waals surface area contributed by atoms with Crippen molar-refractivity contribution in [1.82, 2.24) is 15.0 Å². The zero-order chi connectivity index (χ0) is 21.1. The smallest absolute Gasteiger partial charge is 0.267 e. The third kappa shape index (κ3) is 3.11. The summed E-state index contributed by atoms with van der Waals surface area (Å²) < 4.78 is 34.0. The number of ketones is 1. The van der Waals surface area contributed by atoms with Crippen LogP contribution in [0.1, 0.15) is 48.5 Å². The van der Waals surface area contributed by atoms with Gasteiger partial charge >= 0.3 is 0 Å². The molecule has 0 amide bonds. The maximum absolute atomic E-state index is 13.9. The van der Waals surface area contributed by atoms with E-state index in [2.05, 4.69) is 20.3 Å². The highest BCUT2D eigenvalue weighted by molar-refractivity contribution is 6.06. The van der Waals surface area contributed by atoms with Crippen LogP contribution in [0.5, 0.6) is 5.75 Å². The number of hydrogen-bond donors (Lipinski definition) is 2. The van der Waals surface area contributed by atoms with Gasteiger partial charge in [0.2, 0.25) is 5.95 Å². The molecule has 0 spiro atoms. The van der Waals surface area contributed by atoms with E-state index in [0.717, 1.165) is 5.56 Å². The number of benzene rings is 1. The zero-order valence-corrected chi connectivity index (χ0v) is 16.7. The summed E-state index contributed by atoms with van der Waals surface area (Å²) in [5, 5.41) is 3.31. The Balaban J connectivity index is 1.46. The maximum atomic E-state index is 13.9. The van der Waals surface area contributed by atoms with Gasteiger partial charge in [-0.25, -0.2) is 13.8 Å². The van der Waals surface area contributed by atoms with Crippen molar-refractivity contribution in [2.24, 2.45) is 5.92 Å². The Hall–Kier alpha value is -3.03. The number of aromatic nitrogens is 3. The minimum atomic E-state index is -2.76. The number of aromatic amines is 1. The molecule has 1 aliphatic heterocycles. The molecule has 8 heteroatoms. The number of alkyl halides is 2. The van der Waals surface area contributed by atoms with Crippen molar-refractivity contribution in [2.75, 3.05) is 11.9 Å². The van der Waals surface area contributed by atoms with Gasteiger partial charge in [0.15, 0.2) is 5.78 Å². The molecule has 1 aromatic carbocycles. The summed E-state index contributed by atoms with van der Waals surface area (Å²) in [6, 6.07) is 7.19. The third-order valence-electron chi connectivity index (χ3n) is 5.91. The summed E-state index contributed by atoms with van der Waals surface area (Å²) >= 11 is 0. The molecule has 1 fully saturated rings. The predicted octanol–water partition coefficient (Wildman–Crippen LogP) is 4.55. The average Bonchev–Trinajstić information content (AvgIpc) is 3.49. The van der Waals surface area contributed by atoms with E-state index in [1.54, 1.807) is 24.5 Å². The highest BCUT2D eigenvalue weighted by atomic mass is 19.3. The topological polar surface area (TPSA) is 79.9 Å². The van der Waals surface area contributed by atoms with Crippen LogP contribution in [0.25, 0.3) is 11.0 Å². The van der Waals surface area contributed by atoms with Gasteiger partial charge < -0.3 is 15.0 Å². The van der Waals surface area contributed by atoms with Gasteiger partial charge in [0.25, 0.3) is 5.92 Å². The lowest BCUT2D eigenvalue weighted by Crippen LogP contribution is -2.44. The third-order valence-corrected chi connectivity index (χ3v) is 5.91. The summed E-state index contributed by atoms with van der Waals surface area (Å²) in [6.07, 6.45) is 4.41. The first-order chi connectivity index (χ1) is 14.3. The number of halogens is 2. The first-order valence-corrected chi connectivity index (χ1v) is 10.0. The molecule has 3 heterocycles. The number of para-hydroxylation sites is 1. The normalized spacial score (nSPS) is 20.7. The van der Waals surface area contributed by atoms with Crippen LogP contribution in [0.2, 0.25) is 0 Å². The van der Waals surface area contributed by atoms with Crippen LogP contribution in [0, 0.1) is 5.92 Å². The maximum Gasteiger partial charge on any atom is 0.267 e. The average molecular weight is 412 g/mol. The van der Waals surface area contributed by atoms with Gasteiger partial charge in [-0.2, -0.15) is 4.98 Å². The number of fused-ring (bicyclic) bond motifs is 2. The first kappa shape index (κ1) is 19.0. The molecule has 0 radical (unpaired) electrons. The van der Waals surface area contributed by atoms with Crippen LogP contribution in [0.3, 0.4) is 0 Å². The Morgan fingerprint density at radius 2 is 2.07 bits per heavy atom. The SMILES string of the molecule is CC1(C)Oc2ccccc2C(=O)C1c1c[nH]c2nc(NCC(F)(F)C3CC3)ncc12. The Labute approximate surface area is 172 Å². The van der Waals surface area contributed by atoms with Gasteiger partial charge in [0, 0.05) is 23.7 Å². The molecule has 1 atom stereocenters. The minimum absolute atomic E-state index is 0.0333. The van der Waals surface area contributed by atoms with Crippen LogP contribution in [-0.2, 0) is 0 Å². The molecule has 2 aliphatic rings. The van der Waals surface area contributed by atoms with Crippen molar-refractivity contribution in [2.45, 2.75) is 44.1 Å². The number of nitrogens with zero attached hydrogens (tertiary/aromatic N) is 2. The molecule has 2 aromatic heterocycles. The van der Waals surface area contributed by atoms with Crippen LogP contribution in [-0.4, -0.2) is 38.8 Å². The molecule has 1 unspecified atom stereocenters. The van der Waals surface area contributed by atoms with Crippen LogP contribution < -0.4 is 10.1 Å². The first-order valence-electron chi connectivity index (χ1n) is 10.0. The Morgan fingerprint density at radius 1 is 1.30 bits per heavy atom. The molecule has 6 nitrogen and oxygen atoms in total. The van der Waals surface area contributed by atoms with E-state index < -0.39 is 29.9 Å². The molecular weight excluding hydrogens is 390 g/mol. The highest BCUT2D eigenvalue weighted by Crippen LogP contribution is 2.44. The molecule has 5 rings (SSSR count). The number of H-pyrrole nitrogens is 1. The second kappa shape index (κ2) is 6.48. The fourth-order valence-corrected chi connectivity index (χ4v) is 4.19. The van der Waals surface area contributed by atoms with E-state index in [9.17, 15) is 13.6 Å². The van der Waals surface area contributed by atoms with Crippen LogP contribution in [0.4, 0.5) is 14.7 Å². The number of Topliss-reactive ketones (excluding diaryl/α,β-unsaturated/α-hetero) is 1. The number of ether oxygens (including phenoxy) is 1. The lowest BCUT2D eigenvalue weighted by atomic mass is 9.77. The summed E-state index contributed by atoms with van der Waals surface area (Å²) in [7, 11) is 0. The van der Waals surface area contributed by atoms with Gasteiger partial charge in [-0.05, 0) is 44.4 Å². The van der Waals surface area contributed by atoms with Crippen molar-refractivity contribution in [3.8, 4) is 5.75 Å². The molecule has 3 aromatic rings. The van der Waals surface area contributed by atoms with Gasteiger partial charge in [-0.1, -0.05) is 12.1 Å². The quantitative estimate of drug-likeness (QED) is 0.643. The van der Waals surface area contributed by atoms with Gasteiger partial charge in [-0.3, -0.25) is 4.79 Å². The molecule has 0 saturated heterocycles. The number of hydrogen-bond acceptors (Lipinski definition) is 5. The standard InChI is InChI=1S/C22H22F2N4O2/c1-21(2)17(18(29)13-5-3-4-6-16(13)30-21)14-9-25-19-15(14)10-26-20(28-19)27-11-22(23,24)12-7-8-12/h3-6,9-10,12,17H,7-8,11H2,1-2H3,(H2,25,26,27,28). The molecule has 2 N–H and O–H groups in total. The minimum Gasteiger partial charge on any atom is -0.486 e. The van der Waals surface area contributed by atoms with E-state index in [1.165, 1.54) is 0 Å². The van der Waals surface area contributed by atoms with Gasteiger partial charge in [0.1, 0.15) is 17.0 Å². The fourth-order valence-electron chi connectivity index (χ4n) is 4.19. The van der Waals surface area contributed by atoms with Crippen LogP contribution in [0.15, 0.2) is 36.7 Å². The second-order valence-corrected chi connectivity index (χ2v) is 8.59. The van der Waals surface area contributed by atoms with E-state index in [4.69, 9.17) is 4.74 Å². The Morgan fingerprint density at radius 3 is 2.83 bits per heavy atom. The van der Waals surface area contributed by atoms with Gasteiger partial charge in [0.05, 0.1) is 18.0 Å². The molecule has 1 aliphatic carbocycles. The number of nitrogens with one attached hydrogen (secondary N) is 2. The van der Waals surface area contributed by atoms with E-state index in [1.807, 2.05) is 26.0 Å². The molecular formula is C22H22F2N4O2. The number of carbonyl (C=O) groups excluding carboxylic acids is 1. The van der Waals surface area contributed by atoms with E-state index >= 15 is 0 Å². The summed E-state index contributed by atoms with van der Waals surface area (Å²) in [5.74, 6) is -3.19. The van der Waals surface area contributed by atoms with Crippen molar-refractivity contribution >= 4 is 22.8 Å². The zero-order valence-electron chi connectivity index (χ0n) is 16.7. The lowest BCUT2D eigenvalue weighted by Gasteiger charge is -2.38. The monoisotopic (exact) mass is 412 g/mol. The summed E-state index contributed by atoms with van der Waals surface area (Å²) in [6.45, 7) is 3.26. The summed E-state index contributed by atoms with van der Waals surface area (Å²) in [4.78, 5) is 24.9. The van der Waals surface area contributed by atoms with Crippen molar-refractivity contribution in [3.05, 3.63) is 47.8 Å². The van der Waals surface area contributed by atoms with E-state index in [0.29, 0.717) is 35.2 Å². The van der Waals surface area contributed by atoms with Gasteiger partial charge in [-0.15, -0.1) is 0 Å². The number of anilines is 1. The molecule has 156 valence electrons. The van der Waals surface area contributed by atoms with E-state index in [-0.39, 0.29) is 11.7 Å². The highest BCUT2D eigenvalue weighted by Gasteiger charge is 2.47. The predicted molar refractivity (Wildman–Crippen MR) is 108 cm³/mol. The Bertz CT molecular complexity index is 1140. The molecule has 1 saturated carbocycles. The second-order valence-electron chi connectivity index (χ2n) is 8.59. The summed E-state index contributed by atoms with van der Waals surface area (Å²) in [5.41, 5.74) is 0.978. The molecule has 0 bridgehead atoms. The van der Waals surface area contributed by atoms with Crippen molar-refractivity contribution in [1.29, 1.82) is 0 Å². The molecule has 30 heavy (non-hydrogen) atoms. The largest absolute Gasteiger partial charge is 0.486 e. The Kier molecular flexibility index (Phi) is 4.10.